The lowest BCUT2D eigenvalue weighted by molar-refractivity contribution is -0.144. The third-order valence-corrected chi connectivity index (χ3v) is 11.6. The van der Waals surface area contributed by atoms with Crippen LogP contribution in [0.2, 0.25) is 5.02 Å². The van der Waals surface area contributed by atoms with Crippen LogP contribution in [-0.2, 0) is 31.1 Å². The van der Waals surface area contributed by atoms with E-state index in [1.165, 1.54) is 4.90 Å². The average Bonchev–Trinajstić information content (AvgIpc) is 3.59. The lowest BCUT2D eigenvalue weighted by Gasteiger charge is -2.35. The van der Waals surface area contributed by atoms with Crippen molar-refractivity contribution in [3.05, 3.63) is 69.8 Å². The van der Waals surface area contributed by atoms with Gasteiger partial charge in [-0.2, -0.15) is 0 Å². The summed E-state index contributed by atoms with van der Waals surface area (Å²) in [5, 5.41) is 17.3. The third-order valence-electron chi connectivity index (χ3n) is 10.2. The number of hydrogen-bond donors (Lipinski definition) is 5. The number of aryl methyl sites for hydroxylation is 2. The minimum Gasteiger partial charge on any atom is -0.490 e. The Bertz CT molecular complexity index is 1810. The second-order valence-corrected chi connectivity index (χ2v) is 16.9. The van der Waals surface area contributed by atoms with Crippen LogP contribution in [0, 0.1) is 12.3 Å². The van der Waals surface area contributed by atoms with Crippen molar-refractivity contribution < 1.29 is 29.0 Å². The molecule has 0 spiro atoms. The molecule has 292 valence electrons. The molecule has 5 rings (SSSR count). The number of nitrogens with two attached hydrogens (primary N) is 2. The number of ether oxygens (including phenoxy) is 1. The summed E-state index contributed by atoms with van der Waals surface area (Å²) < 4.78 is 5.80. The number of halogens is 1. The highest BCUT2D eigenvalue weighted by Crippen LogP contribution is 2.46. The van der Waals surface area contributed by atoms with Crippen molar-refractivity contribution in [1.29, 1.82) is 0 Å². The Balaban J connectivity index is 1.14. The molecule has 4 amide bonds. The highest BCUT2D eigenvalue weighted by molar-refractivity contribution is 7.13. The summed E-state index contributed by atoms with van der Waals surface area (Å²) in [6.07, 6.45) is 3.45. The number of nitrogens with zero attached hydrogens (tertiary/aromatic N) is 2. The molecule has 12 nitrogen and oxygen atoms in total. The van der Waals surface area contributed by atoms with Crippen LogP contribution in [0.1, 0.15) is 89.0 Å². The topological polar surface area (TPSA) is 190 Å². The number of likely N-dealkylation sites (tertiary alicyclic amines) is 1. The van der Waals surface area contributed by atoms with Crippen LogP contribution in [0.5, 0.6) is 5.75 Å². The number of carbonyl (C=O) groups excluding carboxylic acids is 4. The summed E-state index contributed by atoms with van der Waals surface area (Å²) in [4.78, 5) is 59.1. The number of aromatic nitrogens is 1. The number of aliphatic hydroxyl groups excluding tert-OH is 1. The first-order chi connectivity index (χ1) is 25.6. The summed E-state index contributed by atoms with van der Waals surface area (Å²) in [5.74, 6) is -0.887. The Kier molecular flexibility index (Phi) is 13.4. The van der Waals surface area contributed by atoms with E-state index in [4.69, 9.17) is 27.8 Å². The normalized spacial score (nSPS) is 18.8. The molecule has 14 heteroatoms. The Morgan fingerprint density at radius 2 is 1.83 bits per heavy atom. The van der Waals surface area contributed by atoms with E-state index in [1.807, 2.05) is 69.6 Å². The van der Waals surface area contributed by atoms with Crippen LogP contribution < -0.4 is 26.8 Å². The number of amides is 4. The maximum atomic E-state index is 14.1. The van der Waals surface area contributed by atoms with Gasteiger partial charge in [-0.05, 0) is 73.6 Å². The second-order valence-electron chi connectivity index (χ2n) is 15.7. The van der Waals surface area contributed by atoms with Gasteiger partial charge in [0.05, 0.1) is 32.7 Å². The number of thiazole rings is 1. The highest BCUT2D eigenvalue weighted by atomic mass is 35.5. The maximum absolute atomic E-state index is 14.1. The molecule has 2 aliphatic rings. The van der Waals surface area contributed by atoms with Crippen LogP contribution in [-0.4, -0.2) is 76.0 Å². The summed E-state index contributed by atoms with van der Waals surface area (Å²) in [5.41, 5.74) is 15.8. The minimum absolute atomic E-state index is 0.0120. The fourth-order valence-electron chi connectivity index (χ4n) is 6.87. The Labute approximate surface area is 326 Å². The quantitative estimate of drug-likeness (QED) is 0.121. The summed E-state index contributed by atoms with van der Waals surface area (Å²) in [6, 6.07) is 11.5. The van der Waals surface area contributed by atoms with Gasteiger partial charge in [-0.25, -0.2) is 4.98 Å². The molecule has 2 fully saturated rings. The number of unbranched alkanes of at least 4 members (excludes halogenated alkanes) is 1. The molecule has 1 aliphatic heterocycles. The Morgan fingerprint density at radius 1 is 1.11 bits per heavy atom. The molecular weight excluding hydrogens is 728 g/mol. The van der Waals surface area contributed by atoms with Crippen LogP contribution >= 0.6 is 22.9 Å². The van der Waals surface area contributed by atoms with Gasteiger partial charge in [-0.15, -0.1) is 11.3 Å². The zero-order chi connectivity index (χ0) is 39.2. The Morgan fingerprint density at radius 3 is 2.46 bits per heavy atom. The van der Waals surface area contributed by atoms with Crippen LogP contribution in [0.4, 0.5) is 0 Å². The average molecular weight is 781 g/mol. The molecular formula is C40H53ClN6O6S. The van der Waals surface area contributed by atoms with Gasteiger partial charge >= 0.3 is 0 Å². The molecule has 4 atom stereocenters. The van der Waals surface area contributed by atoms with E-state index in [0.717, 1.165) is 40.1 Å². The largest absolute Gasteiger partial charge is 0.490 e. The van der Waals surface area contributed by atoms with E-state index < -0.39 is 35.0 Å². The van der Waals surface area contributed by atoms with Crippen molar-refractivity contribution in [3.8, 4) is 16.2 Å². The first kappa shape index (κ1) is 41.1. The number of aliphatic hydroxyl groups is 1. The predicted octanol–water partition coefficient (Wildman–Crippen LogP) is 4.75. The van der Waals surface area contributed by atoms with Gasteiger partial charge in [-0.1, -0.05) is 68.8 Å². The molecule has 0 unspecified atom stereocenters. The van der Waals surface area contributed by atoms with Gasteiger partial charge in [0, 0.05) is 31.8 Å². The predicted molar refractivity (Wildman–Crippen MR) is 210 cm³/mol. The number of nitrogens with one attached hydrogen (secondary N) is 2. The van der Waals surface area contributed by atoms with Gasteiger partial charge in [0.1, 0.15) is 24.4 Å². The third kappa shape index (κ3) is 10.4. The maximum Gasteiger partial charge on any atom is 0.246 e. The van der Waals surface area contributed by atoms with E-state index in [1.54, 1.807) is 17.4 Å². The summed E-state index contributed by atoms with van der Waals surface area (Å²) >= 11 is 8.20. The van der Waals surface area contributed by atoms with Crippen molar-refractivity contribution in [2.75, 3.05) is 13.2 Å². The number of rotatable bonds is 17. The summed E-state index contributed by atoms with van der Waals surface area (Å²) in [6.45, 7) is 7.80. The summed E-state index contributed by atoms with van der Waals surface area (Å²) in [7, 11) is 0. The first-order valence-electron chi connectivity index (χ1n) is 18.6. The lowest BCUT2D eigenvalue weighted by atomic mass is 9.85. The molecule has 2 aromatic carbocycles. The van der Waals surface area contributed by atoms with Gasteiger partial charge in [0.25, 0.3) is 0 Å². The molecule has 2 heterocycles. The molecule has 3 aromatic rings. The van der Waals surface area contributed by atoms with Crippen LogP contribution in [0.3, 0.4) is 0 Å². The van der Waals surface area contributed by atoms with Crippen molar-refractivity contribution in [2.24, 2.45) is 16.9 Å². The molecule has 1 saturated heterocycles. The van der Waals surface area contributed by atoms with Crippen molar-refractivity contribution in [1.82, 2.24) is 20.5 Å². The monoisotopic (exact) mass is 780 g/mol. The van der Waals surface area contributed by atoms with Gasteiger partial charge in [-0.3, -0.25) is 19.2 Å². The number of β-amino-alcohol motifs (C(OH)–C–C–N with tert-alkyl or cyclic N) is 1. The standard InChI is InChI=1S/C40H53ClN6O6S/c1-24-35(54-23-44-24)26-12-14-27(15-13-26)40(18-19-40)46-37(51)30-20-29(48)21-47(30)38(52)36(39(2,3)4)45-33(50)11-6-5-8-25-9-7-10-31(34(25)41)53-22-28(42)16-17-32(43)49/h7,9-10,12-15,23,28-30,36,48H,5-6,8,11,16-22,42H2,1-4H3,(H2,43,49)(H,45,50)(H,46,51)/t28-,29+,30-,36+/m0/s1. The van der Waals surface area contributed by atoms with E-state index in [0.29, 0.717) is 36.5 Å². The van der Waals surface area contributed by atoms with Crippen LogP contribution in [0.15, 0.2) is 48.0 Å². The highest BCUT2D eigenvalue weighted by Gasteiger charge is 2.50. The van der Waals surface area contributed by atoms with E-state index in [9.17, 15) is 24.3 Å². The van der Waals surface area contributed by atoms with E-state index >= 15 is 0 Å². The first-order valence-corrected chi connectivity index (χ1v) is 19.9. The second kappa shape index (κ2) is 17.6. The van der Waals surface area contributed by atoms with Crippen molar-refractivity contribution in [3.63, 3.8) is 0 Å². The van der Waals surface area contributed by atoms with E-state index in [-0.39, 0.29) is 56.2 Å². The number of hydrogen-bond acceptors (Lipinski definition) is 9. The van der Waals surface area contributed by atoms with Crippen LogP contribution in [0.25, 0.3) is 10.4 Å². The van der Waals surface area contributed by atoms with Crippen molar-refractivity contribution in [2.45, 2.75) is 115 Å². The molecule has 54 heavy (non-hydrogen) atoms. The van der Waals surface area contributed by atoms with Crippen molar-refractivity contribution >= 4 is 46.6 Å². The molecule has 7 N–H and O–H groups in total. The molecule has 0 bridgehead atoms. The fourth-order valence-corrected chi connectivity index (χ4v) is 7.96. The fraction of sp³-hybridized carbons (Fsp3) is 0.525. The molecule has 1 saturated carbocycles. The van der Waals surface area contributed by atoms with E-state index in [2.05, 4.69) is 15.6 Å². The van der Waals surface area contributed by atoms with Gasteiger partial charge in [0.15, 0.2) is 0 Å². The zero-order valence-corrected chi connectivity index (χ0v) is 33.1. The molecule has 0 radical (unpaired) electrons. The number of primary amides is 1. The van der Waals surface area contributed by atoms with Gasteiger partial charge < -0.3 is 36.8 Å². The number of benzene rings is 2. The smallest absolute Gasteiger partial charge is 0.246 e. The number of carbonyl (C=O) groups is 4. The minimum atomic E-state index is -0.902. The lowest BCUT2D eigenvalue weighted by Crippen LogP contribution is -2.58. The molecule has 1 aromatic heterocycles. The SMILES string of the molecule is Cc1ncsc1-c1ccc(C2(NC(=O)[C@@H]3C[C@@H](O)CN3C(=O)[C@@H](NC(=O)CCCCc3cccc(OC[C@@H](N)CCC(N)=O)c3Cl)C(C)(C)C)CC2)cc1. The molecule has 1 aliphatic carbocycles. The zero-order valence-electron chi connectivity index (χ0n) is 31.5. The Hall–Kier alpha value is -4.04. The van der Waals surface area contributed by atoms with Gasteiger partial charge in [0.2, 0.25) is 23.6 Å².